The van der Waals surface area contributed by atoms with Gasteiger partial charge in [-0.1, -0.05) is 42.5 Å². The third kappa shape index (κ3) is 5.45. The average molecular weight is 315 g/mol. The van der Waals surface area contributed by atoms with Crippen molar-refractivity contribution in [2.75, 3.05) is 12.8 Å². The summed E-state index contributed by atoms with van der Waals surface area (Å²) in [5.41, 5.74) is 2.84. The van der Waals surface area contributed by atoms with Gasteiger partial charge < -0.3 is 5.32 Å². The second-order valence-corrected chi connectivity index (χ2v) is 6.70. The summed E-state index contributed by atoms with van der Waals surface area (Å²) in [5, 5.41) is 2.93. The zero-order valence-electron chi connectivity index (χ0n) is 12.7. The monoisotopic (exact) mass is 315 g/mol. The lowest BCUT2D eigenvalue weighted by Gasteiger charge is -2.07. The van der Waals surface area contributed by atoms with Crippen molar-refractivity contribution in [3.05, 3.63) is 71.3 Å². The first-order chi connectivity index (χ1) is 10.6. The molecule has 2 aromatic carbocycles. The Balaban J connectivity index is 1.81. The van der Waals surface area contributed by atoms with Crippen molar-refractivity contribution in [1.29, 1.82) is 0 Å². The zero-order chi connectivity index (χ0) is 15.8. The Labute approximate surface area is 134 Å². The molecule has 1 atom stereocenters. The number of hydrogen-bond acceptors (Lipinski definition) is 2. The van der Waals surface area contributed by atoms with Gasteiger partial charge in [-0.05, 0) is 36.1 Å². The van der Waals surface area contributed by atoms with Gasteiger partial charge in [-0.25, -0.2) is 0 Å². The van der Waals surface area contributed by atoms with Gasteiger partial charge in [0.2, 0.25) is 0 Å². The number of carbonyl (C=O) groups is 1. The molecule has 0 aliphatic carbocycles. The normalized spacial score (nSPS) is 11.9. The summed E-state index contributed by atoms with van der Waals surface area (Å²) in [6, 6.07) is 17.6. The largest absolute Gasteiger partial charge is 0.352 e. The highest BCUT2D eigenvalue weighted by Gasteiger charge is 2.06. The van der Waals surface area contributed by atoms with Gasteiger partial charge in [0.05, 0.1) is 0 Å². The lowest BCUT2D eigenvalue weighted by Crippen LogP contribution is -2.24. The molecule has 0 aliphatic rings. The maximum absolute atomic E-state index is 12.1. The summed E-state index contributed by atoms with van der Waals surface area (Å²) < 4.78 is 11.3. The molecule has 2 aromatic rings. The third-order valence-corrected chi connectivity index (χ3v) is 4.07. The van der Waals surface area contributed by atoms with Crippen LogP contribution in [0.2, 0.25) is 0 Å². The van der Waals surface area contributed by atoms with Gasteiger partial charge in [0.1, 0.15) is 0 Å². The van der Waals surface area contributed by atoms with Crippen LogP contribution in [0, 0.1) is 0 Å². The molecular weight excluding hydrogens is 294 g/mol. The smallest absolute Gasteiger partial charge is 0.251 e. The molecule has 0 bridgehead atoms. The first kappa shape index (κ1) is 16.4. The molecule has 0 radical (unpaired) electrons. The van der Waals surface area contributed by atoms with Crippen LogP contribution in [0.15, 0.2) is 54.6 Å². The van der Waals surface area contributed by atoms with E-state index in [0.29, 0.717) is 17.9 Å². The highest BCUT2D eigenvalue weighted by Crippen LogP contribution is 2.08. The Bertz CT molecular complexity index is 641. The van der Waals surface area contributed by atoms with Gasteiger partial charge in [-0.15, -0.1) is 0 Å². The fraction of sp³-hybridized carbons (Fsp3) is 0.278. The topological polar surface area (TPSA) is 46.2 Å². The maximum atomic E-state index is 12.1. The van der Waals surface area contributed by atoms with E-state index < -0.39 is 10.8 Å². The highest BCUT2D eigenvalue weighted by molar-refractivity contribution is 7.83. The van der Waals surface area contributed by atoms with Crippen molar-refractivity contribution in [3.63, 3.8) is 0 Å². The van der Waals surface area contributed by atoms with Crippen LogP contribution in [0.1, 0.15) is 27.9 Å². The predicted octanol–water partition coefficient (Wildman–Crippen LogP) is 2.93. The summed E-state index contributed by atoms with van der Waals surface area (Å²) in [6.45, 7) is 0.650. The Morgan fingerprint density at radius 2 is 1.77 bits per heavy atom. The van der Waals surface area contributed by atoms with Gasteiger partial charge in [0.15, 0.2) is 0 Å². The molecule has 1 unspecified atom stereocenters. The molecule has 4 heteroatoms. The summed E-state index contributed by atoms with van der Waals surface area (Å²) in [4.78, 5) is 12.1. The van der Waals surface area contributed by atoms with E-state index in [1.165, 1.54) is 5.56 Å². The lowest BCUT2D eigenvalue weighted by molar-refractivity contribution is 0.0953. The molecule has 0 aromatic heterocycles. The molecule has 0 fully saturated rings. The molecule has 0 aliphatic heterocycles. The van der Waals surface area contributed by atoms with Gasteiger partial charge in [0.25, 0.3) is 5.91 Å². The summed E-state index contributed by atoms with van der Waals surface area (Å²) in [6.07, 6.45) is 3.53. The summed E-state index contributed by atoms with van der Waals surface area (Å²) in [5.74, 6) is 0.409. The van der Waals surface area contributed by atoms with Crippen LogP contribution in [0.5, 0.6) is 0 Å². The molecule has 2 rings (SSSR count). The second-order valence-electron chi connectivity index (χ2n) is 5.26. The molecule has 22 heavy (non-hydrogen) atoms. The minimum Gasteiger partial charge on any atom is -0.352 e. The van der Waals surface area contributed by atoms with Crippen LogP contribution >= 0.6 is 0 Å². The van der Waals surface area contributed by atoms with Crippen LogP contribution in [-0.2, 0) is 23.0 Å². The first-order valence-electron chi connectivity index (χ1n) is 7.36. The van der Waals surface area contributed by atoms with E-state index in [1.54, 1.807) is 12.3 Å². The highest BCUT2D eigenvalue weighted by atomic mass is 32.2. The number of aryl methyl sites for hydroxylation is 1. The van der Waals surface area contributed by atoms with E-state index in [2.05, 4.69) is 17.4 Å². The third-order valence-electron chi connectivity index (χ3n) is 3.33. The summed E-state index contributed by atoms with van der Waals surface area (Å²) >= 11 is 0. The van der Waals surface area contributed by atoms with E-state index in [1.807, 2.05) is 36.4 Å². The van der Waals surface area contributed by atoms with Crippen LogP contribution in [-0.4, -0.2) is 22.9 Å². The van der Waals surface area contributed by atoms with Crippen molar-refractivity contribution in [2.45, 2.75) is 18.6 Å². The Kier molecular flexibility index (Phi) is 6.34. The number of carbonyl (C=O) groups excluding carboxylic acids is 1. The number of hydrogen-bond donors (Lipinski definition) is 1. The molecule has 116 valence electrons. The number of benzene rings is 2. The minimum absolute atomic E-state index is 0.0724. The molecule has 0 spiro atoms. The van der Waals surface area contributed by atoms with Crippen molar-refractivity contribution in [3.8, 4) is 0 Å². The Hall–Kier alpha value is -1.94. The van der Waals surface area contributed by atoms with Crippen LogP contribution in [0.25, 0.3) is 0 Å². The van der Waals surface area contributed by atoms with Crippen molar-refractivity contribution in [1.82, 2.24) is 5.32 Å². The Morgan fingerprint density at radius 3 is 2.50 bits per heavy atom. The number of nitrogens with one attached hydrogen (secondary N) is 1. The van der Waals surface area contributed by atoms with Crippen LogP contribution in [0.3, 0.4) is 0 Å². The van der Waals surface area contributed by atoms with Gasteiger partial charge in [0, 0.05) is 34.9 Å². The fourth-order valence-electron chi connectivity index (χ4n) is 2.28. The Morgan fingerprint density at radius 1 is 1.05 bits per heavy atom. The van der Waals surface area contributed by atoms with Gasteiger partial charge >= 0.3 is 0 Å². The van der Waals surface area contributed by atoms with E-state index in [9.17, 15) is 9.00 Å². The van der Waals surface area contributed by atoms with E-state index >= 15 is 0 Å². The van der Waals surface area contributed by atoms with E-state index in [-0.39, 0.29) is 5.91 Å². The SMILES string of the molecule is CS(=O)Cc1cccc(C(=O)NCCCc2ccccc2)c1. The average Bonchev–Trinajstić information content (AvgIpc) is 2.52. The van der Waals surface area contributed by atoms with E-state index in [4.69, 9.17) is 0 Å². The molecule has 3 nitrogen and oxygen atoms in total. The summed E-state index contributed by atoms with van der Waals surface area (Å²) in [7, 11) is -0.898. The van der Waals surface area contributed by atoms with Gasteiger partial charge in [-0.2, -0.15) is 0 Å². The fourth-order valence-corrected chi connectivity index (χ4v) is 2.93. The minimum atomic E-state index is -0.898. The van der Waals surface area contributed by atoms with Crippen LogP contribution in [0.4, 0.5) is 0 Å². The zero-order valence-corrected chi connectivity index (χ0v) is 13.6. The molecule has 0 saturated heterocycles. The molecule has 0 saturated carbocycles. The number of amides is 1. The van der Waals surface area contributed by atoms with Crippen molar-refractivity contribution < 1.29 is 9.00 Å². The quantitative estimate of drug-likeness (QED) is 0.799. The van der Waals surface area contributed by atoms with Crippen molar-refractivity contribution >= 4 is 16.7 Å². The van der Waals surface area contributed by atoms with Gasteiger partial charge in [-0.3, -0.25) is 9.00 Å². The standard InChI is InChI=1S/C18H21NO2S/c1-22(21)14-16-9-5-11-17(13-16)18(20)19-12-6-10-15-7-3-2-4-8-15/h2-5,7-9,11,13H,6,10,12,14H2,1H3,(H,19,20). The maximum Gasteiger partial charge on any atom is 0.251 e. The van der Waals surface area contributed by atoms with Crippen molar-refractivity contribution in [2.24, 2.45) is 0 Å². The predicted molar refractivity (Wildman–Crippen MR) is 91.3 cm³/mol. The molecule has 1 N–H and O–H groups in total. The molecule has 1 amide bonds. The molecule has 0 heterocycles. The van der Waals surface area contributed by atoms with Crippen LogP contribution < -0.4 is 5.32 Å². The molecular formula is C18H21NO2S. The first-order valence-corrected chi connectivity index (χ1v) is 9.09. The second kappa shape index (κ2) is 8.49. The van der Waals surface area contributed by atoms with E-state index in [0.717, 1.165) is 18.4 Å². The number of rotatable bonds is 7. The lowest BCUT2D eigenvalue weighted by atomic mass is 10.1.